The quantitative estimate of drug-likeness (QED) is 0.477. The van der Waals surface area contributed by atoms with Gasteiger partial charge in [0.25, 0.3) is 0 Å². The van der Waals surface area contributed by atoms with Gasteiger partial charge in [-0.15, -0.1) is 0 Å². The first kappa shape index (κ1) is 15.1. The van der Waals surface area contributed by atoms with Gasteiger partial charge in [0.15, 0.2) is 0 Å². The summed E-state index contributed by atoms with van der Waals surface area (Å²) in [6.07, 6.45) is -2.52. The van der Waals surface area contributed by atoms with Gasteiger partial charge in [-0.3, -0.25) is 0 Å². The molecule has 0 spiro atoms. The van der Waals surface area contributed by atoms with Crippen molar-refractivity contribution in [2.24, 2.45) is 5.92 Å². The van der Waals surface area contributed by atoms with E-state index >= 15 is 0 Å². The maximum Gasteiger partial charge on any atom is 0.109 e. The van der Waals surface area contributed by atoms with Crippen molar-refractivity contribution < 1.29 is 25.2 Å². The second kappa shape index (κ2) is 6.83. The van der Waals surface area contributed by atoms with Gasteiger partial charge < -0.3 is 25.2 Å². The van der Waals surface area contributed by atoms with Crippen LogP contribution < -0.4 is 0 Å². The third-order valence-corrected chi connectivity index (χ3v) is 3.21. The number of ether oxygens (including phenoxy) is 1. The molecule has 1 aliphatic rings. The minimum Gasteiger partial charge on any atom is -0.396 e. The Labute approximate surface area is 106 Å². The lowest BCUT2D eigenvalue weighted by molar-refractivity contribution is -0.175. The fraction of sp³-hybridized carbons (Fsp3) is 0.750. The van der Waals surface area contributed by atoms with Crippen LogP contribution in [0.15, 0.2) is 11.6 Å². The first-order valence-corrected chi connectivity index (χ1v) is 5.84. The SMILES string of the molecule is CC(C#N)=CCOC1CC(CO)C(O)C(O)C1O. The lowest BCUT2D eigenvalue weighted by Crippen LogP contribution is -2.55. The number of rotatable bonds is 4. The summed E-state index contributed by atoms with van der Waals surface area (Å²) in [7, 11) is 0. The van der Waals surface area contributed by atoms with E-state index in [0.717, 1.165) is 0 Å². The number of allylic oxidation sites excluding steroid dienone is 1. The van der Waals surface area contributed by atoms with Crippen molar-refractivity contribution in [2.75, 3.05) is 13.2 Å². The van der Waals surface area contributed by atoms with Crippen LogP contribution in [0.1, 0.15) is 13.3 Å². The molecule has 18 heavy (non-hydrogen) atoms. The van der Waals surface area contributed by atoms with Crippen molar-refractivity contribution in [1.82, 2.24) is 0 Å². The van der Waals surface area contributed by atoms with Gasteiger partial charge in [-0.25, -0.2) is 0 Å². The van der Waals surface area contributed by atoms with Gasteiger partial charge >= 0.3 is 0 Å². The lowest BCUT2D eigenvalue weighted by atomic mass is 9.81. The third kappa shape index (κ3) is 3.51. The zero-order valence-corrected chi connectivity index (χ0v) is 10.2. The molecule has 0 saturated heterocycles. The molecule has 5 unspecified atom stereocenters. The van der Waals surface area contributed by atoms with Crippen molar-refractivity contribution in [3.05, 3.63) is 11.6 Å². The number of nitrogens with zero attached hydrogens (tertiary/aromatic N) is 1. The van der Waals surface area contributed by atoms with Crippen LogP contribution in [0.25, 0.3) is 0 Å². The van der Waals surface area contributed by atoms with Crippen LogP contribution in [0.4, 0.5) is 0 Å². The van der Waals surface area contributed by atoms with Crippen LogP contribution in [0.3, 0.4) is 0 Å². The van der Waals surface area contributed by atoms with Gasteiger partial charge in [0, 0.05) is 18.1 Å². The Hall–Kier alpha value is -0.970. The Balaban J connectivity index is 2.57. The highest BCUT2D eigenvalue weighted by Gasteiger charge is 2.42. The molecule has 0 bridgehead atoms. The zero-order chi connectivity index (χ0) is 13.7. The maximum atomic E-state index is 9.74. The molecule has 5 atom stereocenters. The molecule has 0 heterocycles. The van der Waals surface area contributed by atoms with Gasteiger partial charge in [-0.05, 0) is 19.4 Å². The van der Waals surface area contributed by atoms with Crippen molar-refractivity contribution in [3.63, 3.8) is 0 Å². The van der Waals surface area contributed by atoms with Crippen LogP contribution >= 0.6 is 0 Å². The van der Waals surface area contributed by atoms with Crippen LogP contribution in [0, 0.1) is 17.2 Å². The average Bonchev–Trinajstić information content (AvgIpc) is 2.38. The van der Waals surface area contributed by atoms with Crippen LogP contribution in [-0.2, 0) is 4.74 Å². The monoisotopic (exact) mass is 257 g/mol. The summed E-state index contributed by atoms with van der Waals surface area (Å²) < 4.78 is 5.36. The highest BCUT2D eigenvalue weighted by Crippen LogP contribution is 2.27. The Morgan fingerprint density at radius 1 is 1.33 bits per heavy atom. The smallest absolute Gasteiger partial charge is 0.109 e. The molecular formula is C12H19NO5. The molecule has 0 radical (unpaired) electrons. The maximum absolute atomic E-state index is 9.74. The average molecular weight is 257 g/mol. The van der Waals surface area contributed by atoms with E-state index in [1.807, 2.05) is 6.07 Å². The molecule has 6 nitrogen and oxygen atoms in total. The largest absolute Gasteiger partial charge is 0.396 e. The van der Waals surface area contributed by atoms with Crippen molar-refractivity contribution in [3.8, 4) is 6.07 Å². The van der Waals surface area contributed by atoms with E-state index in [-0.39, 0.29) is 19.6 Å². The summed E-state index contributed by atoms with van der Waals surface area (Å²) in [4.78, 5) is 0. The Kier molecular flexibility index (Phi) is 5.72. The molecule has 4 N–H and O–H groups in total. The number of hydrogen-bond donors (Lipinski definition) is 4. The number of hydrogen-bond acceptors (Lipinski definition) is 6. The first-order valence-electron chi connectivity index (χ1n) is 5.84. The van der Waals surface area contributed by atoms with E-state index in [4.69, 9.17) is 15.1 Å². The molecule has 0 aromatic rings. The van der Waals surface area contributed by atoms with Crippen molar-refractivity contribution >= 4 is 0 Å². The molecule has 1 rings (SSSR count). The summed E-state index contributed by atoms with van der Waals surface area (Å²) >= 11 is 0. The Morgan fingerprint density at radius 3 is 2.56 bits per heavy atom. The molecular weight excluding hydrogens is 238 g/mol. The second-order valence-electron chi connectivity index (χ2n) is 4.52. The highest BCUT2D eigenvalue weighted by atomic mass is 16.5. The van der Waals surface area contributed by atoms with Gasteiger partial charge in [0.1, 0.15) is 12.2 Å². The van der Waals surface area contributed by atoms with Crippen LogP contribution in [0.2, 0.25) is 0 Å². The first-order chi connectivity index (χ1) is 8.51. The van der Waals surface area contributed by atoms with E-state index in [9.17, 15) is 15.3 Å². The number of aliphatic hydroxyl groups is 4. The summed E-state index contributed by atoms with van der Waals surface area (Å²) in [5, 5.41) is 46.6. The van der Waals surface area contributed by atoms with Gasteiger partial charge in [-0.1, -0.05) is 0 Å². The van der Waals surface area contributed by atoms with Gasteiger partial charge in [-0.2, -0.15) is 5.26 Å². The normalized spacial score (nSPS) is 37.3. The topological polar surface area (TPSA) is 114 Å². The molecule has 6 heteroatoms. The minimum atomic E-state index is -1.33. The van der Waals surface area contributed by atoms with Gasteiger partial charge in [0.05, 0.1) is 24.9 Å². The van der Waals surface area contributed by atoms with E-state index in [2.05, 4.69) is 0 Å². The van der Waals surface area contributed by atoms with E-state index in [1.165, 1.54) is 0 Å². The molecule has 0 aliphatic heterocycles. The fourth-order valence-electron chi connectivity index (χ4n) is 1.97. The van der Waals surface area contributed by atoms with E-state index in [0.29, 0.717) is 5.57 Å². The summed E-state index contributed by atoms with van der Waals surface area (Å²) in [6.45, 7) is 1.50. The Bertz CT molecular complexity index is 336. The number of aliphatic hydroxyl groups excluding tert-OH is 4. The molecule has 1 fully saturated rings. The summed E-state index contributed by atoms with van der Waals surface area (Å²) in [5.41, 5.74) is 0.500. The van der Waals surface area contributed by atoms with Crippen LogP contribution in [-0.4, -0.2) is 58.1 Å². The summed E-state index contributed by atoms with van der Waals surface area (Å²) in [5.74, 6) is -0.519. The molecule has 1 saturated carbocycles. The van der Waals surface area contributed by atoms with Crippen molar-refractivity contribution in [2.45, 2.75) is 37.8 Å². The predicted octanol–water partition coefficient (Wildman–Crippen LogP) is -1.06. The fourth-order valence-corrected chi connectivity index (χ4v) is 1.97. The standard InChI is InChI=1S/C12H19NO5/c1-7(5-13)2-3-18-9-4-8(6-14)10(15)12(17)11(9)16/h2,8-12,14-17H,3-4,6H2,1H3. The third-order valence-electron chi connectivity index (χ3n) is 3.21. The van der Waals surface area contributed by atoms with Crippen LogP contribution in [0.5, 0.6) is 0 Å². The van der Waals surface area contributed by atoms with Gasteiger partial charge in [0.2, 0.25) is 0 Å². The molecule has 1 aliphatic carbocycles. The predicted molar refractivity (Wildman–Crippen MR) is 62.3 cm³/mol. The highest BCUT2D eigenvalue weighted by molar-refractivity contribution is 5.17. The van der Waals surface area contributed by atoms with Crippen molar-refractivity contribution in [1.29, 1.82) is 5.26 Å². The van der Waals surface area contributed by atoms with E-state index < -0.39 is 30.3 Å². The number of nitriles is 1. The summed E-state index contributed by atoms with van der Waals surface area (Å²) in [6, 6.07) is 1.94. The molecule has 0 amide bonds. The van der Waals surface area contributed by atoms with E-state index in [1.54, 1.807) is 13.0 Å². The second-order valence-corrected chi connectivity index (χ2v) is 4.52. The molecule has 0 aromatic heterocycles. The molecule has 0 aromatic carbocycles. The minimum absolute atomic E-state index is 0.141. The Morgan fingerprint density at radius 2 is 2.00 bits per heavy atom. The molecule has 102 valence electrons. The zero-order valence-electron chi connectivity index (χ0n) is 10.2. The lowest BCUT2D eigenvalue weighted by Gasteiger charge is -2.39.